The summed E-state index contributed by atoms with van der Waals surface area (Å²) >= 11 is 6.15. The molecule has 3 nitrogen and oxygen atoms in total. The molecule has 0 aliphatic heterocycles. The van der Waals surface area contributed by atoms with Gasteiger partial charge in [0.2, 0.25) is 0 Å². The molecular weight excluding hydrogens is 248 g/mol. The fourth-order valence-electron chi connectivity index (χ4n) is 1.61. The van der Waals surface area contributed by atoms with Gasteiger partial charge in [0.25, 0.3) is 0 Å². The highest BCUT2D eigenvalue weighted by atomic mass is 35.5. The molecule has 1 heterocycles. The Bertz CT molecular complexity index is 534. The third-order valence-corrected chi connectivity index (χ3v) is 3.06. The minimum Gasteiger partial charge on any atom is -0.486 e. The molecule has 0 saturated heterocycles. The van der Waals surface area contributed by atoms with Crippen molar-refractivity contribution in [2.24, 2.45) is 0 Å². The summed E-state index contributed by atoms with van der Waals surface area (Å²) in [6.07, 6.45) is 3.62. The molecule has 0 radical (unpaired) electrons. The predicted molar refractivity (Wildman–Crippen MR) is 73.1 cm³/mol. The van der Waals surface area contributed by atoms with Crippen LogP contribution in [0.15, 0.2) is 30.6 Å². The Morgan fingerprint density at radius 1 is 1.39 bits per heavy atom. The molecule has 0 fully saturated rings. The fourth-order valence-corrected chi connectivity index (χ4v) is 1.90. The Morgan fingerprint density at radius 2 is 2.17 bits per heavy atom. The SMILES string of the molecule is Cc1ccc(COc2cnn(C(C)C)c2)c(Cl)c1. The molecule has 1 aromatic heterocycles. The maximum absolute atomic E-state index is 6.15. The van der Waals surface area contributed by atoms with Crippen LogP contribution >= 0.6 is 11.6 Å². The van der Waals surface area contributed by atoms with Gasteiger partial charge >= 0.3 is 0 Å². The number of aromatic nitrogens is 2. The van der Waals surface area contributed by atoms with Gasteiger partial charge in [-0.1, -0.05) is 23.7 Å². The van der Waals surface area contributed by atoms with E-state index in [9.17, 15) is 0 Å². The smallest absolute Gasteiger partial charge is 0.157 e. The van der Waals surface area contributed by atoms with Crippen molar-refractivity contribution >= 4 is 11.6 Å². The van der Waals surface area contributed by atoms with Gasteiger partial charge in [0.1, 0.15) is 6.61 Å². The van der Waals surface area contributed by atoms with Crippen molar-refractivity contribution in [1.29, 1.82) is 0 Å². The summed E-state index contributed by atoms with van der Waals surface area (Å²) in [6.45, 7) is 6.63. The molecule has 18 heavy (non-hydrogen) atoms. The summed E-state index contributed by atoms with van der Waals surface area (Å²) in [7, 11) is 0. The molecule has 4 heteroatoms. The highest BCUT2D eigenvalue weighted by Gasteiger charge is 2.05. The number of ether oxygens (including phenoxy) is 1. The second-order valence-electron chi connectivity index (χ2n) is 4.63. The van der Waals surface area contributed by atoms with Crippen molar-refractivity contribution < 1.29 is 4.74 Å². The maximum atomic E-state index is 6.15. The molecule has 0 amide bonds. The number of hydrogen-bond acceptors (Lipinski definition) is 2. The van der Waals surface area contributed by atoms with E-state index in [0.717, 1.165) is 21.9 Å². The fraction of sp³-hybridized carbons (Fsp3) is 0.357. The molecule has 0 unspecified atom stereocenters. The monoisotopic (exact) mass is 264 g/mol. The first-order valence-electron chi connectivity index (χ1n) is 5.98. The van der Waals surface area contributed by atoms with Gasteiger partial charge in [-0.2, -0.15) is 5.10 Å². The maximum Gasteiger partial charge on any atom is 0.157 e. The highest BCUT2D eigenvalue weighted by molar-refractivity contribution is 6.31. The van der Waals surface area contributed by atoms with E-state index in [4.69, 9.17) is 16.3 Å². The number of nitrogens with zero attached hydrogens (tertiary/aromatic N) is 2. The Hall–Kier alpha value is -1.48. The summed E-state index contributed by atoms with van der Waals surface area (Å²) in [5, 5.41) is 4.97. The molecule has 0 spiro atoms. The first-order valence-corrected chi connectivity index (χ1v) is 6.36. The van der Waals surface area contributed by atoms with Gasteiger partial charge in [-0.15, -0.1) is 0 Å². The zero-order valence-electron chi connectivity index (χ0n) is 10.9. The van der Waals surface area contributed by atoms with Crippen LogP contribution in [-0.2, 0) is 6.61 Å². The van der Waals surface area contributed by atoms with Crippen molar-refractivity contribution in [1.82, 2.24) is 9.78 Å². The highest BCUT2D eigenvalue weighted by Crippen LogP contribution is 2.20. The summed E-state index contributed by atoms with van der Waals surface area (Å²) in [5.74, 6) is 0.764. The van der Waals surface area contributed by atoms with Gasteiger partial charge in [-0.05, 0) is 32.4 Å². The quantitative estimate of drug-likeness (QED) is 0.834. The lowest BCUT2D eigenvalue weighted by Crippen LogP contribution is -2.00. The van der Waals surface area contributed by atoms with Crippen LogP contribution < -0.4 is 4.74 Å². The van der Waals surface area contributed by atoms with Gasteiger partial charge in [0.05, 0.1) is 12.4 Å². The van der Waals surface area contributed by atoms with Crippen LogP contribution in [0.25, 0.3) is 0 Å². The van der Waals surface area contributed by atoms with Crippen molar-refractivity contribution in [3.8, 4) is 5.75 Å². The van der Waals surface area contributed by atoms with Crippen LogP contribution in [0.2, 0.25) is 5.02 Å². The van der Waals surface area contributed by atoms with Gasteiger partial charge in [0, 0.05) is 16.6 Å². The third-order valence-electron chi connectivity index (χ3n) is 2.71. The molecular formula is C14H17ClN2O. The Kier molecular flexibility index (Phi) is 3.92. The summed E-state index contributed by atoms with van der Waals surface area (Å²) < 4.78 is 7.54. The van der Waals surface area contributed by atoms with Crippen LogP contribution in [0, 0.1) is 6.92 Å². The Labute approximate surface area is 112 Å². The van der Waals surface area contributed by atoms with Crippen LogP contribution in [0.5, 0.6) is 5.75 Å². The largest absolute Gasteiger partial charge is 0.486 e. The molecule has 0 aliphatic rings. The van der Waals surface area contributed by atoms with Crippen molar-refractivity contribution in [2.75, 3.05) is 0 Å². The van der Waals surface area contributed by atoms with Gasteiger partial charge in [0.15, 0.2) is 5.75 Å². The number of halogens is 1. The van der Waals surface area contributed by atoms with E-state index in [-0.39, 0.29) is 0 Å². The average Bonchev–Trinajstić information content (AvgIpc) is 2.76. The van der Waals surface area contributed by atoms with E-state index in [1.54, 1.807) is 6.20 Å². The van der Waals surface area contributed by atoms with Crippen LogP contribution in [0.1, 0.15) is 31.0 Å². The van der Waals surface area contributed by atoms with Crippen LogP contribution in [-0.4, -0.2) is 9.78 Å². The normalized spacial score (nSPS) is 10.9. The first-order chi connectivity index (χ1) is 8.56. The topological polar surface area (TPSA) is 27.1 Å². The van der Waals surface area contributed by atoms with Crippen molar-refractivity contribution in [3.05, 3.63) is 46.7 Å². The molecule has 96 valence electrons. The van der Waals surface area contributed by atoms with Crippen LogP contribution in [0.3, 0.4) is 0 Å². The lowest BCUT2D eigenvalue weighted by atomic mass is 10.2. The summed E-state index contributed by atoms with van der Waals surface area (Å²) in [5.41, 5.74) is 2.14. The van der Waals surface area contributed by atoms with Crippen molar-refractivity contribution in [3.63, 3.8) is 0 Å². The minimum absolute atomic E-state index is 0.338. The second-order valence-corrected chi connectivity index (χ2v) is 5.04. The molecule has 0 bridgehead atoms. The summed E-state index contributed by atoms with van der Waals surface area (Å²) in [6, 6.07) is 6.30. The van der Waals surface area contributed by atoms with E-state index in [1.165, 1.54) is 0 Å². The van der Waals surface area contributed by atoms with E-state index >= 15 is 0 Å². The number of aryl methyl sites for hydroxylation is 1. The van der Waals surface area contributed by atoms with Gasteiger partial charge in [-0.3, -0.25) is 4.68 Å². The first kappa shape index (κ1) is 13.0. The van der Waals surface area contributed by atoms with Crippen LogP contribution in [0.4, 0.5) is 0 Å². The second kappa shape index (κ2) is 5.44. The molecule has 0 N–H and O–H groups in total. The number of hydrogen-bond donors (Lipinski definition) is 0. The summed E-state index contributed by atoms with van der Waals surface area (Å²) in [4.78, 5) is 0. The van der Waals surface area contributed by atoms with E-state index in [0.29, 0.717) is 12.6 Å². The zero-order chi connectivity index (χ0) is 13.1. The molecule has 0 aliphatic carbocycles. The lowest BCUT2D eigenvalue weighted by molar-refractivity contribution is 0.305. The van der Waals surface area contributed by atoms with Gasteiger partial charge < -0.3 is 4.74 Å². The molecule has 2 rings (SSSR count). The number of rotatable bonds is 4. The third kappa shape index (κ3) is 3.05. The lowest BCUT2D eigenvalue weighted by Gasteiger charge is -2.07. The van der Waals surface area contributed by atoms with E-state index < -0.39 is 0 Å². The average molecular weight is 265 g/mol. The molecule has 2 aromatic rings. The Balaban J connectivity index is 2.02. The predicted octanol–water partition coefficient (Wildman–Crippen LogP) is 4.00. The van der Waals surface area contributed by atoms with Gasteiger partial charge in [-0.25, -0.2) is 0 Å². The standard InChI is InChI=1S/C14H17ClN2O/c1-10(2)17-8-13(7-16-17)18-9-12-5-4-11(3)6-14(12)15/h4-8,10H,9H2,1-3H3. The zero-order valence-corrected chi connectivity index (χ0v) is 11.6. The van der Waals surface area contributed by atoms with E-state index in [2.05, 4.69) is 18.9 Å². The van der Waals surface area contributed by atoms with Crippen molar-refractivity contribution in [2.45, 2.75) is 33.4 Å². The molecule has 0 saturated carbocycles. The van der Waals surface area contributed by atoms with E-state index in [1.807, 2.05) is 36.0 Å². The number of benzene rings is 1. The Morgan fingerprint density at radius 3 is 2.78 bits per heavy atom. The molecule has 1 aromatic carbocycles. The molecule has 0 atom stereocenters. The minimum atomic E-state index is 0.338.